The SMILES string of the molecule is O=C(O)CCCCC(=O)C=Cc1ccc(O)c(O)c1. The molecular weight excluding hydrogens is 248 g/mol. The number of aromatic hydroxyl groups is 2. The van der Waals surface area contributed by atoms with Crippen molar-refractivity contribution in [1.29, 1.82) is 0 Å². The van der Waals surface area contributed by atoms with Gasteiger partial charge in [0.2, 0.25) is 0 Å². The standard InChI is InChI=1S/C14H16O5/c15-11(3-1-2-4-14(18)19)7-5-10-6-8-12(16)13(17)9-10/h5-9,16-17H,1-4H2,(H,18,19). The fourth-order valence-corrected chi connectivity index (χ4v) is 1.49. The van der Waals surface area contributed by atoms with Gasteiger partial charge in [-0.3, -0.25) is 9.59 Å². The van der Waals surface area contributed by atoms with Gasteiger partial charge in [0.1, 0.15) is 0 Å². The van der Waals surface area contributed by atoms with Crippen LogP contribution < -0.4 is 0 Å². The normalized spacial score (nSPS) is 10.7. The highest BCUT2D eigenvalue weighted by molar-refractivity contribution is 5.93. The fraction of sp³-hybridized carbons (Fsp3) is 0.286. The maximum atomic E-state index is 11.5. The van der Waals surface area contributed by atoms with Gasteiger partial charge < -0.3 is 15.3 Å². The average Bonchev–Trinajstić information content (AvgIpc) is 2.36. The predicted octanol–water partition coefficient (Wildman–Crippen LogP) is 2.33. The van der Waals surface area contributed by atoms with Gasteiger partial charge in [0.15, 0.2) is 17.3 Å². The van der Waals surface area contributed by atoms with Crippen LogP contribution >= 0.6 is 0 Å². The molecular formula is C14H16O5. The first-order valence-corrected chi connectivity index (χ1v) is 5.93. The summed E-state index contributed by atoms with van der Waals surface area (Å²) in [4.78, 5) is 21.7. The molecule has 0 unspecified atom stereocenters. The quantitative estimate of drug-likeness (QED) is 0.399. The highest BCUT2D eigenvalue weighted by Gasteiger charge is 2.01. The second-order valence-electron chi connectivity index (χ2n) is 4.15. The average molecular weight is 264 g/mol. The van der Waals surface area contributed by atoms with Crippen LogP contribution in [0.25, 0.3) is 6.08 Å². The molecule has 5 nitrogen and oxygen atoms in total. The van der Waals surface area contributed by atoms with E-state index in [9.17, 15) is 14.7 Å². The molecule has 3 N–H and O–H groups in total. The summed E-state index contributed by atoms with van der Waals surface area (Å²) in [5, 5.41) is 26.8. The maximum absolute atomic E-state index is 11.5. The summed E-state index contributed by atoms with van der Waals surface area (Å²) >= 11 is 0. The summed E-state index contributed by atoms with van der Waals surface area (Å²) in [7, 11) is 0. The van der Waals surface area contributed by atoms with Crippen LogP contribution in [-0.4, -0.2) is 27.1 Å². The van der Waals surface area contributed by atoms with E-state index in [4.69, 9.17) is 10.2 Å². The number of carboxylic acid groups (broad SMARTS) is 1. The highest BCUT2D eigenvalue weighted by Crippen LogP contribution is 2.25. The largest absolute Gasteiger partial charge is 0.504 e. The number of phenolic OH excluding ortho intramolecular Hbond substituents is 2. The molecule has 0 heterocycles. The number of carbonyl (C=O) groups excluding carboxylic acids is 1. The molecule has 0 saturated heterocycles. The van der Waals surface area contributed by atoms with Gasteiger partial charge in [0.25, 0.3) is 0 Å². The van der Waals surface area contributed by atoms with E-state index >= 15 is 0 Å². The summed E-state index contributed by atoms with van der Waals surface area (Å²) in [6.07, 6.45) is 4.31. The first-order valence-electron chi connectivity index (χ1n) is 5.93. The molecule has 0 aliphatic carbocycles. The number of unbranched alkanes of at least 4 members (excludes halogenated alkanes) is 1. The second kappa shape index (κ2) is 7.20. The van der Waals surface area contributed by atoms with Crippen molar-refractivity contribution in [3.63, 3.8) is 0 Å². The third-order valence-corrected chi connectivity index (χ3v) is 2.52. The number of hydrogen-bond donors (Lipinski definition) is 3. The Bertz CT molecular complexity index is 491. The Kier molecular flexibility index (Phi) is 5.60. The van der Waals surface area contributed by atoms with E-state index < -0.39 is 5.97 Å². The van der Waals surface area contributed by atoms with Crippen molar-refractivity contribution in [3.8, 4) is 11.5 Å². The fourth-order valence-electron chi connectivity index (χ4n) is 1.49. The Balaban J connectivity index is 2.40. The summed E-state index contributed by atoms with van der Waals surface area (Å²) in [5.41, 5.74) is 0.606. The van der Waals surface area contributed by atoms with E-state index in [1.54, 1.807) is 12.1 Å². The lowest BCUT2D eigenvalue weighted by atomic mass is 10.1. The van der Waals surface area contributed by atoms with Gasteiger partial charge in [0, 0.05) is 12.8 Å². The van der Waals surface area contributed by atoms with Crippen LogP contribution in [0, 0.1) is 0 Å². The lowest BCUT2D eigenvalue weighted by molar-refractivity contribution is -0.137. The topological polar surface area (TPSA) is 94.8 Å². The third kappa shape index (κ3) is 5.72. The van der Waals surface area contributed by atoms with Crippen LogP contribution in [0.15, 0.2) is 24.3 Å². The zero-order chi connectivity index (χ0) is 14.3. The molecule has 0 aromatic heterocycles. The molecule has 0 bridgehead atoms. The molecule has 0 amide bonds. The van der Waals surface area contributed by atoms with Gasteiger partial charge >= 0.3 is 5.97 Å². The summed E-state index contributed by atoms with van der Waals surface area (Å²) in [6, 6.07) is 4.26. The smallest absolute Gasteiger partial charge is 0.303 e. The molecule has 102 valence electrons. The van der Waals surface area contributed by atoms with Gasteiger partial charge in [-0.05, 0) is 36.6 Å². The van der Waals surface area contributed by atoms with Crippen molar-refractivity contribution in [2.24, 2.45) is 0 Å². The van der Waals surface area contributed by atoms with Crippen molar-refractivity contribution in [3.05, 3.63) is 29.8 Å². The number of allylic oxidation sites excluding steroid dienone is 1. The van der Waals surface area contributed by atoms with Crippen LogP contribution in [0.3, 0.4) is 0 Å². The van der Waals surface area contributed by atoms with Gasteiger partial charge in [-0.1, -0.05) is 12.1 Å². The van der Waals surface area contributed by atoms with Gasteiger partial charge in [-0.2, -0.15) is 0 Å². The van der Waals surface area contributed by atoms with Crippen LogP contribution in [0.5, 0.6) is 11.5 Å². The minimum atomic E-state index is -0.859. The molecule has 0 fully saturated rings. The molecule has 0 radical (unpaired) electrons. The molecule has 1 aromatic carbocycles. The lowest BCUT2D eigenvalue weighted by Gasteiger charge is -1.98. The van der Waals surface area contributed by atoms with E-state index in [0.717, 1.165) is 0 Å². The third-order valence-electron chi connectivity index (χ3n) is 2.52. The Morgan fingerprint density at radius 3 is 2.37 bits per heavy atom. The second-order valence-corrected chi connectivity index (χ2v) is 4.15. The number of aliphatic carboxylic acids is 1. The number of hydrogen-bond acceptors (Lipinski definition) is 4. The number of carbonyl (C=O) groups is 2. The van der Waals surface area contributed by atoms with E-state index in [2.05, 4.69) is 0 Å². The van der Waals surface area contributed by atoms with Crippen molar-refractivity contribution in [1.82, 2.24) is 0 Å². The summed E-state index contributed by atoms with van der Waals surface area (Å²) < 4.78 is 0. The van der Waals surface area contributed by atoms with Crippen LogP contribution in [-0.2, 0) is 9.59 Å². The van der Waals surface area contributed by atoms with Crippen molar-refractivity contribution >= 4 is 17.8 Å². The first-order chi connectivity index (χ1) is 8.99. The van der Waals surface area contributed by atoms with Gasteiger partial charge in [0.05, 0.1) is 0 Å². The number of rotatable bonds is 7. The van der Waals surface area contributed by atoms with Crippen LogP contribution in [0.1, 0.15) is 31.2 Å². The number of phenols is 2. The molecule has 5 heteroatoms. The maximum Gasteiger partial charge on any atom is 0.303 e. The van der Waals surface area contributed by atoms with Gasteiger partial charge in [-0.25, -0.2) is 0 Å². The first kappa shape index (κ1) is 14.8. The molecule has 0 spiro atoms. The minimum absolute atomic E-state index is 0.0723. The van der Waals surface area contributed by atoms with E-state index in [1.165, 1.54) is 18.2 Å². The highest BCUT2D eigenvalue weighted by atomic mass is 16.4. The lowest BCUT2D eigenvalue weighted by Crippen LogP contribution is -1.96. The van der Waals surface area contributed by atoms with Crippen LogP contribution in [0.4, 0.5) is 0 Å². The molecule has 0 aliphatic rings. The Morgan fingerprint density at radius 1 is 1.05 bits per heavy atom. The Labute approximate surface area is 110 Å². The number of benzene rings is 1. The molecule has 0 aliphatic heterocycles. The van der Waals surface area contributed by atoms with Crippen molar-refractivity contribution in [2.75, 3.05) is 0 Å². The van der Waals surface area contributed by atoms with Crippen LogP contribution in [0.2, 0.25) is 0 Å². The Hall–Kier alpha value is -2.30. The number of carboxylic acids is 1. The monoisotopic (exact) mass is 264 g/mol. The predicted molar refractivity (Wildman–Crippen MR) is 69.9 cm³/mol. The zero-order valence-corrected chi connectivity index (χ0v) is 10.4. The van der Waals surface area contributed by atoms with Gasteiger partial charge in [-0.15, -0.1) is 0 Å². The Morgan fingerprint density at radius 2 is 1.74 bits per heavy atom. The molecule has 0 saturated carbocycles. The zero-order valence-electron chi connectivity index (χ0n) is 10.4. The van der Waals surface area contributed by atoms with Crippen molar-refractivity contribution < 1.29 is 24.9 Å². The molecule has 1 aromatic rings. The van der Waals surface area contributed by atoms with E-state index in [0.29, 0.717) is 24.8 Å². The number of ketones is 1. The van der Waals surface area contributed by atoms with Crippen molar-refractivity contribution in [2.45, 2.75) is 25.7 Å². The van der Waals surface area contributed by atoms with E-state index in [1.807, 2.05) is 0 Å². The molecule has 19 heavy (non-hydrogen) atoms. The van der Waals surface area contributed by atoms with E-state index in [-0.39, 0.29) is 23.7 Å². The minimum Gasteiger partial charge on any atom is -0.504 e. The molecule has 1 rings (SSSR count). The molecule has 0 atom stereocenters. The summed E-state index contributed by atoms with van der Waals surface area (Å²) in [5.74, 6) is -1.41. The summed E-state index contributed by atoms with van der Waals surface area (Å²) in [6.45, 7) is 0.